The van der Waals surface area contributed by atoms with Crippen LogP contribution in [0.1, 0.15) is 25.3 Å². The number of aliphatic hydroxyl groups excluding tert-OH is 1. The number of rotatable bonds is 14. The van der Waals surface area contributed by atoms with Crippen molar-refractivity contribution in [3.8, 4) is 0 Å². The molecule has 0 spiro atoms. The Morgan fingerprint density at radius 2 is 1.20 bits per heavy atom. The molecule has 2 aliphatic heterocycles. The molecule has 10 N–H and O–H groups in total. The lowest BCUT2D eigenvalue weighted by Gasteiger charge is -2.23. The first-order valence-electron chi connectivity index (χ1n) is 14.1. The molecule has 0 aromatic carbocycles. The SMILES string of the molecule is Nc1ncnc2c1ncn2[C@H]1C[C@H](OP(=O)(O)OP(=O)(O)OC[C@H]2O[C@@H](n3cnc4c(N)ncnc43)C[C@@H]2O)[C@@H](COP(=O)(O)OP(=O)(O)O)O1. The van der Waals surface area contributed by atoms with Gasteiger partial charge in [-0.3, -0.25) is 22.7 Å². The molecule has 280 valence electrons. The molecule has 3 unspecified atom stereocenters. The number of hydrogen-bond acceptors (Lipinski definition) is 20. The van der Waals surface area contributed by atoms with Crippen molar-refractivity contribution in [1.82, 2.24) is 39.0 Å². The molecule has 0 saturated carbocycles. The summed E-state index contributed by atoms with van der Waals surface area (Å²) in [5, 5.41) is 10.5. The van der Waals surface area contributed by atoms with Gasteiger partial charge >= 0.3 is 31.3 Å². The van der Waals surface area contributed by atoms with Gasteiger partial charge in [0, 0.05) is 12.8 Å². The van der Waals surface area contributed by atoms with Crippen molar-refractivity contribution in [1.29, 1.82) is 0 Å². The number of fused-ring (bicyclic) bond motifs is 2. The Bertz CT molecular complexity index is 2110. The molecule has 9 atom stereocenters. The summed E-state index contributed by atoms with van der Waals surface area (Å²) >= 11 is 0. The molecule has 2 aliphatic rings. The molecule has 0 radical (unpaired) electrons. The second-order valence-electron chi connectivity index (χ2n) is 10.8. The van der Waals surface area contributed by atoms with Crippen LogP contribution in [0.4, 0.5) is 11.6 Å². The van der Waals surface area contributed by atoms with Gasteiger partial charge < -0.3 is 50.5 Å². The van der Waals surface area contributed by atoms with Gasteiger partial charge in [0.05, 0.1) is 32.0 Å². The summed E-state index contributed by atoms with van der Waals surface area (Å²) in [6, 6.07) is 0. The number of anilines is 2. The largest absolute Gasteiger partial charge is 0.481 e. The molecule has 6 rings (SSSR count). The maximum atomic E-state index is 13.0. The molecule has 31 heteroatoms. The second-order valence-corrected chi connectivity index (χ2v) is 16.6. The number of aliphatic hydroxyl groups is 1. The highest BCUT2D eigenvalue weighted by molar-refractivity contribution is 7.61. The van der Waals surface area contributed by atoms with Gasteiger partial charge in [-0.2, -0.15) is 8.62 Å². The van der Waals surface area contributed by atoms with Crippen LogP contribution in [-0.4, -0.2) is 106 Å². The summed E-state index contributed by atoms with van der Waals surface area (Å²) in [5.74, 6) is 0.0928. The Labute approximate surface area is 283 Å². The topological polar surface area (TPSA) is 394 Å². The van der Waals surface area contributed by atoms with Crippen LogP contribution in [0, 0.1) is 0 Å². The van der Waals surface area contributed by atoms with E-state index in [2.05, 4.69) is 43.0 Å². The van der Waals surface area contributed by atoms with E-state index in [0.717, 1.165) is 6.33 Å². The number of phosphoric acid groups is 4. The summed E-state index contributed by atoms with van der Waals surface area (Å²) in [5.41, 5.74) is 12.4. The Hall–Kier alpha value is -2.90. The maximum absolute atomic E-state index is 13.0. The highest BCUT2D eigenvalue weighted by atomic mass is 31.3. The fourth-order valence-corrected chi connectivity index (χ4v) is 9.05. The molecule has 0 bridgehead atoms. The third kappa shape index (κ3) is 8.84. The van der Waals surface area contributed by atoms with Crippen molar-refractivity contribution in [2.24, 2.45) is 0 Å². The average molecular weight is 804 g/mol. The smallest absolute Gasteiger partial charge is 0.390 e. The highest BCUT2D eigenvalue weighted by Gasteiger charge is 2.47. The number of hydrogen-bond donors (Lipinski definition) is 8. The van der Waals surface area contributed by atoms with Crippen LogP contribution >= 0.6 is 31.3 Å². The zero-order valence-corrected chi connectivity index (χ0v) is 28.9. The first-order chi connectivity index (χ1) is 23.8. The molecule has 0 amide bonds. The number of nitrogens with zero attached hydrogens (tertiary/aromatic N) is 8. The van der Waals surface area contributed by atoms with E-state index in [1.807, 2.05) is 0 Å². The Kier molecular flexibility index (Phi) is 10.5. The lowest BCUT2D eigenvalue weighted by Crippen LogP contribution is -2.28. The van der Waals surface area contributed by atoms with E-state index < -0.39 is 87.8 Å². The normalized spacial score (nSPS) is 27.8. The van der Waals surface area contributed by atoms with Gasteiger partial charge in [0.1, 0.15) is 54.5 Å². The van der Waals surface area contributed by atoms with E-state index >= 15 is 0 Å². The molecule has 4 aromatic heterocycles. The monoisotopic (exact) mass is 804 g/mol. The average Bonchev–Trinajstić information content (AvgIpc) is 3.79. The molecule has 2 saturated heterocycles. The van der Waals surface area contributed by atoms with E-state index in [-0.39, 0.29) is 40.4 Å². The molecule has 51 heavy (non-hydrogen) atoms. The van der Waals surface area contributed by atoms with Crippen LogP contribution in [0.5, 0.6) is 0 Å². The van der Waals surface area contributed by atoms with Gasteiger partial charge in [-0.15, -0.1) is 0 Å². The minimum atomic E-state index is -5.59. The number of imidazole rings is 2. The zero-order valence-electron chi connectivity index (χ0n) is 25.3. The van der Waals surface area contributed by atoms with E-state index in [4.69, 9.17) is 39.8 Å². The van der Waals surface area contributed by atoms with Gasteiger partial charge in [0.25, 0.3) is 0 Å². The summed E-state index contributed by atoms with van der Waals surface area (Å²) in [7, 11) is -22.0. The quantitative estimate of drug-likeness (QED) is 0.0752. The van der Waals surface area contributed by atoms with Crippen LogP contribution < -0.4 is 11.5 Å². The third-order valence-electron chi connectivity index (χ3n) is 7.27. The Morgan fingerprint density at radius 1 is 0.706 bits per heavy atom. The zero-order chi connectivity index (χ0) is 36.9. The predicted octanol–water partition coefficient (Wildman–Crippen LogP) is -0.388. The van der Waals surface area contributed by atoms with Crippen LogP contribution in [0.2, 0.25) is 0 Å². The van der Waals surface area contributed by atoms with Crippen LogP contribution in [0.15, 0.2) is 25.3 Å². The van der Waals surface area contributed by atoms with Gasteiger partial charge in [-0.05, 0) is 0 Å². The second kappa shape index (κ2) is 14.2. The molecular formula is C20H28N10O17P4. The fourth-order valence-electron chi connectivity index (χ4n) is 5.17. The van der Waals surface area contributed by atoms with E-state index in [1.165, 1.54) is 28.1 Å². The summed E-state index contributed by atoms with van der Waals surface area (Å²) in [4.78, 5) is 72.2. The number of nitrogens with two attached hydrogens (primary N) is 2. The van der Waals surface area contributed by atoms with Crippen molar-refractivity contribution >= 4 is 65.3 Å². The fraction of sp³-hybridized carbons (Fsp3) is 0.500. The Balaban J connectivity index is 1.12. The van der Waals surface area contributed by atoms with Gasteiger partial charge in [0.2, 0.25) is 0 Å². The molecule has 4 aromatic rings. The van der Waals surface area contributed by atoms with E-state index in [9.17, 15) is 38.0 Å². The van der Waals surface area contributed by atoms with Crippen LogP contribution in [0.3, 0.4) is 0 Å². The standard InChI is InChI=1S/C20H28N10O17P4/c21-17-15-19(25-5-23-17)29(7-27-15)13-1-9(31)11(43-13)3-41-50(37,38)47-51(39,40)45-10-2-14(30-8-28-16-18(22)24-6-26-20(16)30)44-12(10)4-42-49(35,36)46-48(32,33)34/h5-14,31H,1-4H2,(H,35,36)(H,37,38)(H,39,40)(H2,21,23,25)(H2,22,24,26)(H2,32,33,34)/t9-,10-,11+,12+,13+,14+/m0/s1. The van der Waals surface area contributed by atoms with Crippen molar-refractivity contribution < 1.29 is 79.5 Å². The minimum absolute atomic E-state index is 0.00629. The van der Waals surface area contributed by atoms with Gasteiger partial charge in [-0.1, -0.05) is 0 Å². The lowest BCUT2D eigenvalue weighted by molar-refractivity contribution is -0.0454. The van der Waals surface area contributed by atoms with Gasteiger partial charge in [0.15, 0.2) is 22.9 Å². The van der Waals surface area contributed by atoms with E-state index in [0.29, 0.717) is 0 Å². The molecule has 0 aliphatic carbocycles. The van der Waals surface area contributed by atoms with Gasteiger partial charge in [-0.25, -0.2) is 48.2 Å². The lowest BCUT2D eigenvalue weighted by atomic mass is 10.2. The highest BCUT2D eigenvalue weighted by Crippen LogP contribution is 2.62. The summed E-state index contributed by atoms with van der Waals surface area (Å²) in [6.07, 6.45) is -3.38. The number of nitrogen functional groups attached to an aromatic ring is 2. The van der Waals surface area contributed by atoms with E-state index in [1.54, 1.807) is 0 Å². The Morgan fingerprint density at radius 3 is 1.75 bits per heavy atom. The minimum Gasteiger partial charge on any atom is -0.390 e. The first kappa shape index (κ1) is 37.8. The third-order valence-corrected chi connectivity index (χ3v) is 12.1. The summed E-state index contributed by atoms with van der Waals surface area (Å²) < 4.78 is 85.8. The first-order valence-corrected chi connectivity index (χ1v) is 20.1. The number of aromatic nitrogens is 8. The molecular weight excluding hydrogens is 776 g/mol. The molecule has 2 fully saturated rings. The van der Waals surface area contributed by atoms with Crippen molar-refractivity contribution in [3.63, 3.8) is 0 Å². The summed E-state index contributed by atoms with van der Waals surface area (Å²) in [6.45, 7) is -1.86. The van der Waals surface area contributed by atoms with Crippen molar-refractivity contribution in [3.05, 3.63) is 25.3 Å². The number of ether oxygens (including phenoxy) is 2. The van der Waals surface area contributed by atoms with Crippen LogP contribution in [0.25, 0.3) is 22.3 Å². The molecule has 6 heterocycles. The predicted molar refractivity (Wildman–Crippen MR) is 163 cm³/mol. The van der Waals surface area contributed by atoms with Crippen molar-refractivity contribution in [2.75, 3.05) is 24.7 Å². The number of phosphoric ester groups is 3. The maximum Gasteiger partial charge on any atom is 0.481 e. The molecule has 27 nitrogen and oxygen atoms in total. The van der Waals surface area contributed by atoms with Crippen molar-refractivity contribution in [2.45, 2.75) is 49.7 Å². The van der Waals surface area contributed by atoms with Crippen LogP contribution in [-0.2, 0) is 49.9 Å².